The number of nitro benzene ring substituents is 1. The summed E-state index contributed by atoms with van der Waals surface area (Å²) in [5, 5.41) is 19.0. The number of rotatable bonds is 6. The standard InChI is InChI=1S/C18H15N5O2/c24-23(25)18-13-15(14-7-3-1-4-8-14)11-12-17(18)20-22-21-19-16-9-5-2-6-10-16/h1-13H,(H,19,22)(H,20,21). The number of nitro groups is 1. The highest BCUT2D eigenvalue weighted by Crippen LogP contribution is 2.30. The minimum atomic E-state index is -0.440. The lowest BCUT2D eigenvalue weighted by Crippen LogP contribution is -2.15. The molecule has 0 unspecified atom stereocenters. The summed E-state index contributed by atoms with van der Waals surface area (Å²) in [6.07, 6.45) is 0. The van der Waals surface area contributed by atoms with Gasteiger partial charge in [-0.2, -0.15) is 0 Å². The van der Waals surface area contributed by atoms with Gasteiger partial charge in [-0.3, -0.25) is 15.5 Å². The fourth-order valence-corrected chi connectivity index (χ4v) is 2.26. The van der Waals surface area contributed by atoms with Crippen molar-refractivity contribution in [2.75, 3.05) is 5.43 Å². The molecule has 0 amide bonds. The zero-order chi connectivity index (χ0) is 17.5. The molecule has 7 heteroatoms. The maximum absolute atomic E-state index is 11.3. The first-order chi connectivity index (χ1) is 12.2. The largest absolute Gasteiger partial charge is 0.294 e. The molecule has 0 fully saturated rings. The van der Waals surface area contributed by atoms with Crippen molar-refractivity contribution in [1.82, 2.24) is 5.53 Å². The molecule has 0 spiro atoms. The molecule has 25 heavy (non-hydrogen) atoms. The first-order valence-electron chi connectivity index (χ1n) is 7.55. The third-order valence-corrected chi connectivity index (χ3v) is 3.46. The van der Waals surface area contributed by atoms with Crippen LogP contribution >= 0.6 is 0 Å². The SMILES string of the molecule is O=[N+]([O-])c1cc(-c2ccccc2)ccc1NNN=Nc1ccccc1. The van der Waals surface area contributed by atoms with E-state index in [4.69, 9.17) is 0 Å². The van der Waals surface area contributed by atoms with Gasteiger partial charge in [-0.15, -0.1) is 5.11 Å². The van der Waals surface area contributed by atoms with Crippen LogP contribution in [0.5, 0.6) is 0 Å². The van der Waals surface area contributed by atoms with Gasteiger partial charge < -0.3 is 0 Å². The first kappa shape index (κ1) is 16.1. The lowest BCUT2D eigenvalue weighted by Gasteiger charge is -2.07. The van der Waals surface area contributed by atoms with Crippen LogP contribution in [0.3, 0.4) is 0 Å². The minimum absolute atomic E-state index is 0.0521. The Balaban J connectivity index is 1.75. The van der Waals surface area contributed by atoms with Crippen LogP contribution in [0, 0.1) is 10.1 Å². The summed E-state index contributed by atoms with van der Waals surface area (Å²) < 4.78 is 0. The van der Waals surface area contributed by atoms with Crippen molar-refractivity contribution in [3.8, 4) is 11.1 Å². The summed E-state index contributed by atoms with van der Waals surface area (Å²) >= 11 is 0. The number of anilines is 1. The fourth-order valence-electron chi connectivity index (χ4n) is 2.26. The van der Waals surface area contributed by atoms with Crippen molar-refractivity contribution in [2.45, 2.75) is 0 Å². The molecule has 0 bridgehead atoms. The monoisotopic (exact) mass is 333 g/mol. The van der Waals surface area contributed by atoms with E-state index in [2.05, 4.69) is 21.3 Å². The van der Waals surface area contributed by atoms with Gasteiger partial charge in [0.1, 0.15) is 5.69 Å². The molecular formula is C18H15N5O2. The van der Waals surface area contributed by atoms with Crippen molar-refractivity contribution < 1.29 is 4.92 Å². The zero-order valence-electron chi connectivity index (χ0n) is 13.2. The van der Waals surface area contributed by atoms with Crippen molar-refractivity contribution >= 4 is 17.1 Å². The van der Waals surface area contributed by atoms with Gasteiger partial charge in [0.2, 0.25) is 0 Å². The normalized spacial score (nSPS) is 10.6. The molecule has 0 saturated carbocycles. The average molecular weight is 333 g/mol. The van der Waals surface area contributed by atoms with E-state index < -0.39 is 4.92 Å². The van der Waals surface area contributed by atoms with Crippen molar-refractivity contribution in [2.24, 2.45) is 10.3 Å². The van der Waals surface area contributed by atoms with Gasteiger partial charge >= 0.3 is 0 Å². The summed E-state index contributed by atoms with van der Waals surface area (Å²) in [7, 11) is 0. The molecule has 7 nitrogen and oxygen atoms in total. The van der Waals surface area contributed by atoms with Gasteiger partial charge in [0.05, 0.1) is 10.6 Å². The van der Waals surface area contributed by atoms with Crippen molar-refractivity contribution in [3.63, 3.8) is 0 Å². The summed E-state index contributed by atoms with van der Waals surface area (Å²) in [5.74, 6) is 0. The first-order valence-corrected chi connectivity index (χ1v) is 7.55. The van der Waals surface area contributed by atoms with Gasteiger partial charge in [-0.25, -0.2) is 5.53 Å². The molecule has 124 valence electrons. The molecule has 0 aliphatic carbocycles. The third kappa shape index (κ3) is 4.17. The number of hydrogen-bond donors (Lipinski definition) is 2. The highest BCUT2D eigenvalue weighted by molar-refractivity contribution is 5.73. The van der Waals surface area contributed by atoms with Gasteiger partial charge in [-0.05, 0) is 29.3 Å². The Hall–Kier alpha value is -3.74. The number of benzene rings is 3. The number of nitrogens with one attached hydrogen (secondary N) is 2. The van der Waals surface area contributed by atoms with Crippen molar-refractivity contribution in [1.29, 1.82) is 0 Å². The number of hydrazine groups is 1. The fraction of sp³-hybridized carbons (Fsp3) is 0. The Morgan fingerprint density at radius 2 is 1.52 bits per heavy atom. The Labute approximate surface area is 144 Å². The molecule has 0 aromatic heterocycles. The van der Waals surface area contributed by atoms with E-state index in [-0.39, 0.29) is 5.69 Å². The van der Waals surface area contributed by atoms with Crippen LogP contribution in [0.2, 0.25) is 0 Å². The number of hydrogen-bond acceptors (Lipinski definition) is 5. The van der Waals surface area contributed by atoms with E-state index in [1.54, 1.807) is 24.3 Å². The summed E-state index contributed by atoms with van der Waals surface area (Å²) in [5.41, 5.74) is 7.80. The third-order valence-electron chi connectivity index (χ3n) is 3.46. The molecule has 2 N–H and O–H groups in total. The molecular weight excluding hydrogens is 318 g/mol. The van der Waals surface area contributed by atoms with E-state index in [0.717, 1.165) is 11.1 Å². The second kappa shape index (κ2) is 7.69. The Morgan fingerprint density at radius 3 is 2.20 bits per heavy atom. The lowest BCUT2D eigenvalue weighted by molar-refractivity contribution is -0.383. The number of nitrogens with zero attached hydrogens (tertiary/aromatic N) is 3. The molecule has 0 radical (unpaired) electrons. The second-order valence-electron chi connectivity index (χ2n) is 5.13. The molecule has 0 heterocycles. The Bertz CT molecular complexity index is 882. The molecule has 0 aliphatic heterocycles. The van der Waals surface area contributed by atoms with Gasteiger partial charge in [0.25, 0.3) is 5.69 Å². The topological polar surface area (TPSA) is 91.9 Å². The van der Waals surface area contributed by atoms with Gasteiger partial charge in [0.15, 0.2) is 0 Å². The van der Waals surface area contributed by atoms with Crippen LogP contribution in [-0.4, -0.2) is 4.92 Å². The van der Waals surface area contributed by atoms with Crippen LogP contribution in [0.1, 0.15) is 0 Å². The summed E-state index contributed by atoms with van der Waals surface area (Å²) in [6.45, 7) is 0. The highest BCUT2D eigenvalue weighted by atomic mass is 16.6. The quantitative estimate of drug-likeness (QED) is 0.382. The Morgan fingerprint density at radius 1 is 0.840 bits per heavy atom. The van der Waals surface area contributed by atoms with E-state index >= 15 is 0 Å². The maximum Gasteiger partial charge on any atom is 0.294 e. The molecule has 3 rings (SSSR count). The van der Waals surface area contributed by atoms with Crippen LogP contribution in [0.15, 0.2) is 89.2 Å². The lowest BCUT2D eigenvalue weighted by atomic mass is 10.0. The Kier molecular flexibility index (Phi) is 4.96. The average Bonchev–Trinajstić information content (AvgIpc) is 2.67. The summed E-state index contributed by atoms with van der Waals surface area (Å²) in [6, 6.07) is 23.6. The predicted octanol–water partition coefficient (Wildman–Crippen LogP) is 4.88. The molecule has 3 aromatic carbocycles. The van der Waals surface area contributed by atoms with E-state index in [1.807, 2.05) is 48.5 Å². The molecule has 0 atom stereocenters. The van der Waals surface area contributed by atoms with Gasteiger partial charge in [-0.1, -0.05) is 59.8 Å². The van der Waals surface area contributed by atoms with Crippen molar-refractivity contribution in [3.05, 3.63) is 89.0 Å². The van der Waals surface area contributed by atoms with Crippen LogP contribution in [0.25, 0.3) is 11.1 Å². The van der Waals surface area contributed by atoms with E-state index in [1.165, 1.54) is 6.07 Å². The van der Waals surface area contributed by atoms with Crippen LogP contribution in [0.4, 0.5) is 17.1 Å². The van der Waals surface area contributed by atoms with Crippen LogP contribution in [-0.2, 0) is 0 Å². The van der Waals surface area contributed by atoms with E-state index in [0.29, 0.717) is 11.4 Å². The van der Waals surface area contributed by atoms with E-state index in [9.17, 15) is 10.1 Å². The molecule has 0 saturated heterocycles. The second-order valence-corrected chi connectivity index (χ2v) is 5.13. The molecule has 3 aromatic rings. The minimum Gasteiger partial charge on any atom is -0.277 e. The maximum atomic E-state index is 11.3. The van der Waals surface area contributed by atoms with Gasteiger partial charge in [0, 0.05) is 6.07 Å². The highest BCUT2D eigenvalue weighted by Gasteiger charge is 2.15. The van der Waals surface area contributed by atoms with Crippen LogP contribution < -0.4 is 11.0 Å². The smallest absolute Gasteiger partial charge is 0.277 e. The molecule has 0 aliphatic rings. The predicted molar refractivity (Wildman–Crippen MR) is 96.2 cm³/mol. The zero-order valence-corrected chi connectivity index (χ0v) is 13.2. The summed E-state index contributed by atoms with van der Waals surface area (Å²) in [4.78, 5) is 10.9.